The number of carbonyl (C=O) groups excluding carboxylic acids is 5. The molecule has 3 saturated heterocycles. The van der Waals surface area contributed by atoms with Gasteiger partial charge < -0.3 is 34.1 Å². The smallest absolute Gasteiger partial charge is 0.324 e. The Balaban J connectivity index is 1.05. The van der Waals surface area contributed by atoms with Gasteiger partial charge in [-0.1, -0.05) is 39.7 Å². The standard InChI is InChI=1S/C49H59N9O7S2/c1-10-14-36(59)56-23-29(24-56)54(7)47(63)55(8)40(27(3)4)43(60)52-45-49(67-45)22-35-51-33(25-66-35)28-17-18-34-31(21-28)37-38(42(64-9)39-30(15-12-19-50-39)41(37)57(34)11-2)48(5,6)26-65-44(61)32-16-13-20-58(53-32)46(49)62/h12,15,17-19,21,25,27,29,32,38,40,42,45,53H,11,13,16,20,22-24,26H2,1-9H3,(H,52,60)/t32-,38?,40-,42-,45+,49-/m0/s1. The number of carbonyl (C=O) groups is 5. The minimum Gasteiger partial charge on any atom is -0.464 e. The van der Waals surface area contributed by atoms with Gasteiger partial charge in [0.1, 0.15) is 28.3 Å². The Labute approximate surface area is 399 Å². The summed E-state index contributed by atoms with van der Waals surface area (Å²) in [6.45, 7) is 13.6. The summed E-state index contributed by atoms with van der Waals surface area (Å²) < 4.78 is 13.8. The van der Waals surface area contributed by atoms with E-state index in [1.807, 2.05) is 25.3 Å². The first kappa shape index (κ1) is 46.6. The van der Waals surface area contributed by atoms with E-state index in [1.54, 1.807) is 44.1 Å². The Hall–Kier alpha value is -5.48. The summed E-state index contributed by atoms with van der Waals surface area (Å²) in [5, 5.41) is 7.83. The molecule has 4 aromatic rings. The number of likely N-dealkylation sites (tertiary alicyclic amines) is 1. The summed E-state index contributed by atoms with van der Waals surface area (Å²) >= 11 is 2.81. The average Bonchev–Trinajstić information content (AvgIpc) is 3.59. The number of likely N-dealkylation sites (N-methyl/N-ethyl adjacent to an activating group) is 2. The van der Waals surface area contributed by atoms with E-state index >= 15 is 0 Å². The molecule has 7 heterocycles. The predicted molar refractivity (Wildman–Crippen MR) is 256 cm³/mol. The Morgan fingerprint density at radius 2 is 1.93 bits per heavy atom. The molecule has 0 radical (unpaired) electrons. The summed E-state index contributed by atoms with van der Waals surface area (Å²) in [7, 11) is 4.99. The van der Waals surface area contributed by atoms with Crippen molar-refractivity contribution in [3.05, 3.63) is 58.2 Å². The molecule has 5 aliphatic rings. The number of thioether (sulfide) groups is 1. The van der Waals surface area contributed by atoms with E-state index in [-0.39, 0.29) is 54.7 Å². The van der Waals surface area contributed by atoms with E-state index in [0.717, 1.165) is 56.2 Å². The SMILES string of the molecule is CC#CC(=O)N1CC(N(C)C(=O)N(C)[C@H](C(=O)N[C@@H]2S[C@@]23Cc2nc(cs2)-c2ccc4c(c2)c2c(n4CC)-c4cccnc4[C@@H](OC)C2C(C)(C)COC(=O)[C@@H]2CCCN(N2)C3=O)C(C)C)C1. The third-order valence-electron chi connectivity index (χ3n) is 14.2. The lowest BCUT2D eigenvalue weighted by Gasteiger charge is -2.44. The number of esters is 1. The van der Waals surface area contributed by atoms with Crippen molar-refractivity contribution in [3.8, 4) is 34.4 Å². The molecule has 1 unspecified atom stereocenters. The molecule has 9 rings (SSSR count). The number of nitrogens with zero attached hydrogens (tertiary/aromatic N) is 7. The number of aromatic nitrogens is 3. The number of hydrazine groups is 1. The number of benzene rings is 1. The number of pyridine rings is 1. The number of nitrogens with one attached hydrogen (secondary N) is 2. The molecule has 354 valence electrons. The Morgan fingerprint density at radius 3 is 2.64 bits per heavy atom. The lowest BCUT2D eigenvalue weighted by atomic mass is 9.67. The molecule has 2 N–H and O–H groups in total. The number of thiazole rings is 1. The first-order valence-corrected chi connectivity index (χ1v) is 24.8. The zero-order valence-electron chi connectivity index (χ0n) is 39.5. The normalized spacial score (nSPS) is 24.7. The fourth-order valence-electron chi connectivity index (χ4n) is 10.6. The van der Waals surface area contributed by atoms with Gasteiger partial charge in [-0.05, 0) is 68.4 Å². The van der Waals surface area contributed by atoms with E-state index in [2.05, 4.69) is 72.2 Å². The van der Waals surface area contributed by atoms with Crippen LogP contribution in [-0.2, 0) is 41.6 Å². The van der Waals surface area contributed by atoms with Crippen LogP contribution in [0.4, 0.5) is 4.79 Å². The van der Waals surface area contributed by atoms with Crippen LogP contribution in [0.5, 0.6) is 0 Å². The first-order chi connectivity index (χ1) is 32.0. The van der Waals surface area contributed by atoms with Crippen molar-refractivity contribution in [1.82, 2.24) is 45.0 Å². The van der Waals surface area contributed by atoms with Crippen molar-refractivity contribution >= 4 is 63.7 Å². The number of fused-ring (bicyclic) bond motifs is 8. The summed E-state index contributed by atoms with van der Waals surface area (Å²) in [5.41, 5.74) is 9.40. The number of aryl methyl sites for hydroxylation is 1. The van der Waals surface area contributed by atoms with Crippen LogP contribution in [0.15, 0.2) is 41.9 Å². The molecule has 67 heavy (non-hydrogen) atoms. The summed E-state index contributed by atoms with van der Waals surface area (Å²) in [5.74, 6) is 3.24. The van der Waals surface area contributed by atoms with Crippen LogP contribution < -0.4 is 10.7 Å². The molecule has 5 amide bonds. The van der Waals surface area contributed by atoms with Crippen molar-refractivity contribution in [1.29, 1.82) is 0 Å². The molecule has 1 aliphatic carbocycles. The van der Waals surface area contributed by atoms with Gasteiger partial charge in [-0.25, -0.2) is 15.2 Å². The van der Waals surface area contributed by atoms with Gasteiger partial charge in [-0.15, -0.1) is 23.1 Å². The molecule has 3 fully saturated rings. The maximum atomic E-state index is 15.0. The number of urea groups is 1. The van der Waals surface area contributed by atoms with Crippen LogP contribution in [0.2, 0.25) is 0 Å². The molecule has 16 nitrogen and oxygen atoms in total. The Kier molecular flexibility index (Phi) is 12.4. The molecule has 6 bridgehead atoms. The van der Waals surface area contributed by atoms with Crippen LogP contribution in [-0.4, -0.2) is 140 Å². The van der Waals surface area contributed by atoms with E-state index < -0.39 is 39.7 Å². The van der Waals surface area contributed by atoms with Crippen molar-refractivity contribution in [3.63, 3.8) is 0 Å². The highest BCUT2D eigenvalue weighted by Crippen LogP contribution is 2.58. The van der Waals surface area contributed by atoms with E-state index in [1.165, 1.54) is 33.0 Å². The van der Waals surface area contributed by atoms with E-state index in [4.69, 9.17) is 19.4 Å². The minimum atomic E-state index is -1.15. The van der Waals surface area contributed by atoms with Crippen LogP contribution in [0.1, 0.15) is 82.7 Å². The lowest BCUT2D eigenvalue weighted by molar-refractivity contribution is -0.156. The number of ether oxygens (including phenoxy) is 2. The summed E-state index contributed by atoms with van der Waals surface area (Å²) in [6, 6.07) is 8.30. The van der Waals surface area contributed by atoms with Gasteiger partial charge in [0.2, 0.25) is 5.91 Å². The second-order valence-electron chi connectivity index (χ2n) is 19.3. The van der Waals surface area contributed by atoms with E-state index in [9.17, 15) is 24.0 Å². The molecule has 3 aromatic heterocycles. The topological polar surface area (TPSA) is 172 Å². The molecule has 1 spiro atoms. The molecule has 1 aromatic carbocycles. The Bertz CT molecular complexity index is 2720. The van der Waals surface area contributed by atoms with Gasteiger partial charge in [0.05, 0.1) is 34.7 Å². The number of hydrogen-bond acceptors (Lipinski definition) is 12. The monoisotopic (exact) mass is 949 g/mol. The van der Waals surface area contributed by atoms with Crippen molar-refractivity contribution in [2.75, 3.05) is 47.4 Å². The second kappa shape index (κ2) is 17.9. The summed E-state index contributed by atoms with van der Waals surface area (Å²) in [4.78, 5) is 84.2. The quantitative estimate of drug-likeness (QED) is 0.138. The zero-order chi connectivity index (χ0) is 47.7. The maximum absolute atomic E-state index is 15.0. The fourth-order valence-corrected chi connectivity index (χ4v) is 12.8. The van der Waals surface area contributed by atoms with Crippen molar-refractivity contribution in [2.24, 2.45) is 11.3 Å². The molecule has 0 saturated carbocycles. The van der Waals surface area contributed by atoms with Crippen LogP contribution >= 0.6 is 23.1 Å². The van der Waals surface area contributed by atoms with Crippen LogP contribution in [0.25, 0.3) is 33.4 Å². The summed E-state index contributed by atoms with van der Waals surface area (Å²) in [6.07, 6.45) is 2.64. The fraction of sp³-hybridized carbons (Fsp3) is 0.531. The van der Waals surface area contributed by atoms with E-state index in [0.29, 0.717) is 32.5 Å². The number of hydrogen-bond donors (Lipinski definition) is 2. The van der Waals surface area contributed by atoms with Crippen molar-refractivity contribution < 1.29 is 33.4 Å². The number of amides is 5. The lowest BCUT2D eigenvalue weighted by Crippen LogP contribution is -2.64. The molecule has 18 heteroatoms. The van der Waals surface area contributed by atoms with Gasteiger partial charge in [0, 0.05) is 98.7 Å². The largest absolute Gasteiger partial charge is 0.464 e. The first-order valence-electron chi connectivity index (χ1n) is 23.1. The number of cyclic esters (lactones) is 1. The maximum Gasteiger partial charge on any atom is 0.324 e. The van der Waals surface area contributed by atoms with Crippen molar-refractivity contribution in [2.45, 2.75) is 108 Å². The van der Waals surface area contributed by atoms with Gasteiger partial charge >= 0.3 is 12.0 Å². The zero-order valence-corrected chi connectivity index (χ0v) is 41.2. The van der Waals surface area contributed by atoms with Gasteiger partial charge in [-0.3, -0.25) is 29.2 Å². The predicted octanol–water partition coefficient (Wildman–Crippen LogP) is 5.42. The third kappa shape index (κ3) is 8.04. The number of rotatable bonds is 7. The van der Waals surface area contributed by atoms with Crippen LogP contribution in [0, 0.1) is 23.2 Å². The van der Waals surface area contributed by atoms with Gasteiger partial charge in [-0.2, -0.15) is 0 Å². The third-order valence-corrected chi connectivity index (χ3v) is 16.6. The number of methoxy groups -OCH3 is 1. The minimum absolute atomic E-state index is 0.0859. The molecular weight excluding hydrogens is 891 g/mol. The average molecular weight is 950 g/mol. The molecule has 6 atom stereocenters. The highest BCUT2D eigenvalue weighted by molar-refractivity contribution is 8.09. The molecule has 4 aliphatic heterocycles. The van der Waals surface area contributed by atoms with Crippen LogP contribution in [0.3, 0.4) is 0 Å². The Morgan fingerprint density at radius 1 is 1.15 bits per heavy atom. The highest BCUT2D eigenvalue weighted by Gasteiger charge is 2.65. The van der Waals surface area contributed by atoms with Gasteiger partial charge in [0.15, 0.2) is 0 Å². The highest BCUT2D eigenvalue weighted by atomic mass is 32.2. The second-order valence-corrected chi connectivity index (χ2v) is 21.7. The molecular formula is C49H59N9O7S2. The van der Waals surface area contributed by atoms with Gasteiger partial charge in [0.25, 0.3) is 11.8 Å².